The van der Waals surface area contributed by atoms with Crippen molar-refractivity contribution in [2.75, 3.05) is 11.9 Å². The lowest BCUT2D eigenvalue weighted by molar-refractivity contribution is -0.158. The fourth-order valence-electron chi connectivity index (χ4n) is 6.27. The minimum Gasteiger partial charge on any atom is -0.458 e. The molecule has 1 aromatic heterocycles. The second-order valence-electron chi connectivity index (χ2n) is 12.8. The summed E-state index contributed by atoms with van der Waals surface area (Å²) in [6.07, 6.45) is 24.0. The van der Waals surface area contributed by atoms with E-state index in [0.29, 0.717) is 43.5 Å². The summed E-state index contributed by atoms with van der Waals surface area (Å²) in [5.41, 5.74) is -0.734. The molecule has 1 unspecified atom stereocenters. The lowest BCUT2D eigenvalue weighted by Crippen LogP contribution is -2.44. The van der Waals surface area contributed by atoms with Crippen LogP contribution in [-0.2, 0) is 25.5 Å². The highest BCUT2D eigenvalue weighted by atomic mass is 19.1. The quantitative estimate of drug-likeness (QED) is 0.0614. The van der Waals surface area contributed by atoms with Crippen LogP contribution in [0.15, 0.2) is 4.99 Å². The van der Waals surface area contributed by atoms with E-state index in [1.54, 1.807) is 6.21 Å². The zero-order valence-electron chi connectivity index (χ0n) is 28.0. The number of nitrogens with one attached hydrogen (secondary N) is 1. The highest BCUT2D eigenvalue weighted by Gasteiger charge is 2.51. The lowest BCUT2D eigenvalue weighted by atomic mass is 9.92. The molecule has 0 bridgehead atoms. The van der Waals surface area contributed by atoms with E-state index in [4.69, 9.17) is 15.9 Å². The second-order valence-corrected chi connectivity index (χ2v) is 12.8. The number of terminal acetylenes is 1. The number of carbonyl (C=O) groups is 2. The molecule has 0 radical (unpaired) electrons. The van der Waals surface area contributed by atoms with Crippen molar-refractivity contribution in [1.29, 1.82) is 0 Å². The topological polar surface area (TPSA) is 123 Å². The van der Waals surface area contributed by atoms with E-state index in [0.717, 1.165) is 44.9 Å². The second kappa shape index (κ2) is 20.4. The predicted octanol–water partition coefficient (Wildman–Crippen LogP) is 7.56. The minimum atomic E-state index is -1.45. The average Bonchev–Trinajstić information content (AvgIpc) is 3.26. The summed E-state index contributed by atoms with van der Waals surface area (Å²) in [4.78, 5) is 37.6. The molecular weight excluding hydrogens is 587 g/mol. The van der Waals surface area contributed by atoms with Gasteiger partial charge in [-0.2, -0.15) is 9.37 Å². The van der Waals surface area contributed by atoms with Gasteiger partial charge in [0.15, 0.2) is 11.4 Å². The molecule has 3 rings (SSSR count). The number of aromatic nitrogens is 2. The average molecular weight is 643 g/mol. The monoisotopic (exact) mass is 642 g/mol. The van der Waals surface area contributed by atoms with Crippen LogP contribution in [-0.4, -0.2) is 57.6 Å². The summed E-state index contributed by atoms with van der Waals surface area (Å²) >= 11 is 0. The minimum absolute atomic E-state index is 0.0507. The first-order chi connectivity index (χ1) is 22.4. The van der Waals surface area contributed by atoms with Crippen molar-refractivity contribution >= 4 is 29.6 Å². The number of aliphatic hydroxyl groups is 1. The van der Waals surface area contributed by atoms with Crippen LogP contribution in [0, 0.1) is 24.3 Å². The molecule has 2 aliphatic heterocycles. The Morgan fingerprint density at radius 1 is 1.00 bits per heavy atom. The number of ether oxygens (including phenoxy) is 2. The highest BCUT2D eigenvalue weighted by Crippen LogP contribution is 2.39. The Hall–Kier alpha value is -2.90. The summed E-state index contributed by atoms with van der Waals surface area (Å²) in [5.74, 6) is 1.73. The van der Waals surface area contributed by atoms with Gasteiger partial charge in [0.2, 0.25) is 5.91 Å². The number of aryl methyl sites for hydroxylation is 1. The van der Waals surface area contributed by atoms with Crippen molar-refractivity contribution in [3.05, 3.63) is 11.8 Å². The van der Waals surface area contributed by atoms with Gasteiger partial charge in [-0.15, -0.1) is 6.42 Å². The van der Waals surface area contributed by atoms with Crippen LogP contribution in [0.25, 0.3) is 0 Å². The summed E-state index contributed by atoms with van der Waals surface area (Å²) in [6.45, 7) is 3.84. The van der Waals surface area contributed by atoms with E-state index < -0.39 is 30.5 Å². The third kappa shape index (κ3) is 11.7. The number of aliphatic imine (C=N–C) groups is 1. The van der Waals surface area contributed by atoms with Gasteiger partial charge in [0.1, 0.15) is 11.8 Å². The number of amides is 1. The van der Waals surface area contributed by atoms with Crippen LogP contribution < -0.4 is 5.32 Å². The van der Waals surface area contributed by atoms with Crippen molar-refractivity contribution in [3.8, 4) is 12.3 Å². The van der Waals surface area contributed by atoms with Crippen molar-refractivity contribution in [3.63, 3.8) is 0 Å². The number of anilines is 1. The Bertz CT molecular complexity index is 1170. The number of esters is 1. The van der Waals surface area contributed by atoms with Gasteiger partial charge in [-0.3, -0.25) is 14.6 Å². The molecule has 46 heavy (non-hydrogen) atoms. The normalized spacial score (nSPS) is 22.2. The number of aliphatic hydroxyl groups excluding tert-OH is 1. The molecule has 3 heterocycles. The highest BCUT2D eigenvalue weighted by molar-refractivity contribution is 5.93. The van der Waals surface area contributed by atoms with E-state index in [-0.39, 0.29) is 23.6 Å². The van der Waals surface area contributed by atoms with Gasteiger partial charge in [-0.05, 0) is 25.7 Å². The first kappa shape index (κ1) is 37.6. The van der Waals surface area contributed by atoms with Crippen molar-refractivity contribution in [2.24, 2.45) is 10.9 Å². The Kier molecular flexibility index (Phi) is 16.6. The molecule has 1 aromatic rings. The van der Waals surface area contributed by atoms with Crippen LogP contribution in [0.3, 0.4) is 0 Å². The summed E-state index contributed by atoms with van der Waals surface area (Å²) in [7, 11) is 0. The van der Waals surface area contributed by atoms with Crippen molar-refractivity contribution in [2.45, 2.75) is 160 Å². The predicted molar refractivity (Wildman–Crippen MR) is 178 cm³/mol. The molecule has 2 N–H and O–H groups in total. The van der Waals surface area contributed by atoms with Crippen LogP contribution in [0.2, 0.25) is 0 Å². The van der Waals surface area contributed by atoms with Crippen LogP contribution in [0.1, 0.15) is 142 Å². The Morgan fingerprint density at radius 3 is 2.24 bits per heavy atom. The van der Waals surface area contributed by atoms with E-state index >= 15 is 0 Å². The summed E-state index contributed by atoms with van der Waals surface area (Å²) in [6, 6.07) is 0. The maximum Gasteiger partial charge on any atom is 0.310 e. The van der Waals surface area contributed by atoms with Gasteiger partial charge in [-0.25, -0.2) is 4.98 Å². The van der Waals surface area contributed by atoms with Crippen LogP contribution in [0.4, 0.5) is 15.9 Å². The summed E-state index contributed by atoms with van der Waals surface area (Å²) in [5, 5.41) is 13.0. The van der Waals surface area contributed by atoms with E-state index in [9.17, 15) is 19.1 Å². The van der Waals surface area contributed by atoms with Gasteiger partial charge in [0, 0.05) is 31.4 Å². The standard InChI is InChI=1S/C36H55FN4O5/c1-4-7-9-11-12-13-14-15-16-17-19-21-32(44)45-30-24-29(46-36(30,6-3)26-42)27-22-23-28-33(38-25-27)34(41-35(37)39-28)40-31(43)20-18-10-8-5-2/h3,25,27,29-30,42H,4-5,7-24,26H2,1-2H3,(H,39,40,41,43)/t27?,29-,30+,36-/m1/s1. The van der Waals surface area contributed by atoms with Crippen molar-refractivity contribution < 1.29 is 28.6 Å². The Balaban J connectivity index is 1.51. The number of nitrogens with zero attached hydrogens (tertiary/aromatic N) is 3. The number of hydrogen-bond acceptors (Lipinski definition) is 8. The maximum atomic E-state index is 14.3. The number of hydrogen-bond donors (Lipinski definition) is 2. The third-order valence-corrected chi connectivity index (χ3v) is 9.10. The SMILES string of the molecule is C#C[C@]1(CO)O[C@@H](C2C=Nc3c(nc(F)nc3NC(=O)CCCCCC)CC2)C[C@@H]1OC(=O)CCCCCCCCCCCCC. The summed E-state index contributed by atoms with van der Waals surface area (Å²) < 4.78 is 26.4. The zero-order valence-corrected chi connectivity index (χ0v) is 28.0. The first-order valence-electron chi connectivity index (χ1n) is 17.7. The fraction of sp³-hybridized carbons (Fsp3) is 0.750. The van der Waals surface area contributed by atoms with Gasteiger partial charge < -0.3 is 19.9 Å². The molecule has 256 valence electrons. The van der Waals surface area contributed by atoms with E-state index in [1.165, 1.54) is 51.4 Å². The Morgan fingerprint density at radius 2 is 1.61 bits per heavy atom. The molecule has 0 saturated carbocycles. The van der Waals surface area contributed by atoms with Crippen LogP contribution in [0.5, 0.6) is 0 Å². The molecule has 0 aliphatic carbocycles. The smallest absolute Gasteiger partial charge is 0.310 e. The van der Waals surface area contributed by atoms with Gasteiger partial charge in [0.05, 0.1) is 18.4 Å². The van der Waals surface area contributed by atoms with E-state index in [1.807, 2.05) is 0 Å². The number of fused-ring (bicyclic) bond motifs is 1. The number of carbonyl (C=O) groups excluding carboxylic acids is 2. The third-order valence-electron chi connectivity index (χ3n) is 9.10. The van der Waals surface area contributed by atoms with Crippen LogP contribution >= 0.6 is 0 Å². The molecular formula is C36H55FN4O5. The Labute approximate surface area is 274 Å². The molecule has 0 aromatic carbocycles. The lowest BCUT2D eigenvalue weighted by Gasteiger charge is -2.27. The fourth-order valence-corrected chi connectivity index (χ4v) is 6.27. The molecule has 10 heteroatoms. The molecule has 0 spiro atoms. The number of rotatable bonds is 21. The zero-order chi connectivity index (χ0) is 33.2. The van der Waals surface area contributed by atoms with Crippen molar-refractivity contribution in [1.82, 2.24) is 9.97 Å². The van der Waals surface area contributed by atoms with Gasteiger partial charge in [0.25, 0.3) is 0 Å². The molecule has 9 nitrogen and oxygen atoms in total. The van der Waals surface area contributed by atoms with Gasteiger partial charge in [-0.1, -0.05) is 103 Å². The largest absolute Gasteiger partial charge is 0.458 e. The number of halogens is 1. The van der Waals surface area contributed by atoms with E-state index in [2.05, 4.69) is 40.0 Å². The molecule has 1 saturated heterocycles. The first-order valence-corrected chi connectivity index (χ1v) is 17.7. The maximum absolute atomic E-state index is 14.3. The molecule has 4 atom stereocenters. The molecule has 1 fully saturated rings. The molecule has 1 amide bonds. The molecule has 2 aliphatic rings. The van der Waals surface area contributed by atoms with Gasteiger partial charge >= 0.3 is 12.0 Å². The number of unbranched alkanes of at least 4 members (excludes halogenated alkanes) is 13.